The normalized spacial score (nSPS) is 16.5. The molecule has 188 valence electrons. The molecule has 11 heteroatoms. The van der Waals surface area contributed by atoms with E-state index in [1.165, 1.54) is 0 Å². The largest absolute Gasteiger partial charge is 0.453 e. The first-order chi connectivity index (χ1) is 16.6. The molecule has 0 saturated carbocycles. The van der Waals surface area contributed by atoms with Gasteiger partial charge in [-0.3, -0.25) is 9.69 Å². The van der Waals surface area contributed by atoms with E-state index < -0.39 is 12.0 Å². The van der Waals surface area contributed by atoms with Crippen molar-refractivity contribution in [1.29, 1.82) is 0 Å². The van der Waals surface area contributed by atoms with Crippen LogP contribution in [0.15, 0.2) is 30.3 Å². The van der Waals surface area contributed by atoms with Gasteiger partial charge in [-0.2, -0.15) is 18.2 Å². The molecular formula is C24H30F3N7O. The Balaban J connectivity index is 1.46. The van der Waals surface area contributed by atoms with Crippen LogP contribution in [0.2, 0.25) is 0 Å². The van der Waals surface area contributed by atoms with Crippen molar-refractivity contribution >= 4 is 11.7 Å². The highest BCUT2D eigenvalue weighted by Gasteiger charge is 2.37. The van der Waals surface area contributed by atoms with Gasteiger partial charge in [0.1, 0.15) is 0 Å². The lowest BCUT2D eigenvalue weighted by molar-refractivity contribution is -0.144. The highest BCUT2D eigenvalue weighted by Crippen LogP contribution is 2.27. The fourth-order valence-corrected chi connectivity index (χ4v) is 4.40. The average Bonchev–Trinajstić information content (AvgIpc) is 3.25. The van der Waals surface area contributed by atoms with Crippen LogP contribution in [0, 0.1) is 13.8 Å². The monoisotopic (exact) mass is 489 g/mol. The predicted octanol–water partition coefficient (Wildman–Crippen LogP) is 2.80. The first-order valence-corrected chi connectivity index (χ1v) is 11.7. The number of rotatable bonds is 7. The smallest absolute Gasteiger partial charge is 0.348 e. The number of halogens is 3. The highest BCUT2D eigenvalue weighted by molar-refractivity contribution is 5.76. The summed E-state index contributed by atoms with van der Waals surface area (Å²) in [5.41, 5.74) is 2.78. The standard InChI is InChI=1S/C24H30F3N7O/c1-16-19(17(2)34-23(28-16)30-22(31-34)24(25,26)27)9-10-21(35)29-20(18-7-5-4-6-8-18)15-33-13-11-32(3)12-14-33/h4-8,20H,9-15H2,1-3H3,(H,29,35). The number of likely N-dealkylation sites (N-methyl/N-ethyl adjacent to an activating group) is 1. The first-order valence-electron chi connectivity index (χ1n) is 11.7. The van der Waals surface area contributed by atoms with Crippen LogP contribution < -0.4 is 5.32 Å². The van der Waals surface area contributed by atoms with E-state index in [0.29, 0.717) is 29.9 Å². The van der Waals surface area contributed by atoms with E-state index in [9.17, 15) is 18.0 Å². The number of alkyl halides is 3. The second-order valence-corrected chi connectivity index (χ2v) is 9.04. The minimum atomic E-state index is -4.65. The van der Waals surface area contributed by atoms with Crippen molar-refractivity contribution in [2.75, 3.05) is 39.8 Å². The molecule has 35 heavy (non-hydrogen) atoms. The van der Waals surface area contributed by atoms with Gasteiger partial charge in [-0.25, -0.2) is 9.50 Å². The summed E-state index contributed by atoms with van der Waals surface area (Å²) >= 11 is 0. The molecule has 1 amide bonds. The Bertz CT molecular complexity index is 1170. The van der Waals surface area contributed by atoms with E-state index in [4.69, 9.17) is 0 Å². The summed E-state index contributed by atoms with van der Waals surface area (Å²) in [5.74, 6) is -1.45. The molecule has 1 saturated heterocycles. The van der Waals surface area contributed by atoms with E-state index in [0.717, 1.165) is 36.3 Å². The lowest BCUT2D eigenvalue weighted by Crippen LogP contribution is -2.47. The Kier molecular flexibility index (Phi) is 7.36. The zero-order valence-electron chi connectivity index (χ0n) is 20.1. The fraction of sp³-hybridized carbons (Fsp3) is 0.500. The van der Waals surface area contributed by atoms with Crippen molar-refractivity contribution in [2.45, 2.75) is 38.9 Å². The van der Waals surface area contributed by atoms with Gasteiger partial charge in [0.05, 0.1) is 6.04 Å². The summed E-state index contributed by atoms with van der Waals surface area (Å²) in [6.07, 6.45) is -4.13. The molecule has 3 heterocycles. The zero-order valence-corrected chi connectivity index (χ0v) is 20.1. The van der Waals surface area contributed by atoms with Gasteiger partial charge < -0.3 is 10.2 Å². The summed E-state index contributed by atoms with van der Waals surface area (Å²) in [6, 6.07) is 9.73. The summed E-state index contributed by atoms with van der Waals surface area (Å²) in [5, 5.41) is 6.74. The lowest BCUT2D eigenvalue weighted by Gasteiger charge is -2.35. The van der Waals surface area contributed by atoms with Gasteiger partial charge >= 0.3 is 6.18 Å². The van der Waals surface area contributed by atoms with Gasteiger partial charge in [0.15, 0.2) is 0 Å². The molecule has 1 aliphatic rings. The van der Waals surface area contributed by atoms with Gasteiger partial charge in [0.2, 0.25) is 5.91 Å². The maximum Gasteiger partial charge on any atom is 0.453 e. The van der Waals surface area contributed by atoms with Gasteiger partial charge in [-0.05, 0) is 38.4 Å². The van der Waals surface area contributed by atoms with Crippen LogP contribution >= 0.6 is 0 Å². The summed E-state index contributed by atoms with van der Waals surface area (Å²) in [6.45, 7) is 7.96. The molecule has 1 aliphatic heterocycles. The van der Waals surface area contributed by atoms with Crippen molar-refractivity contribution in [3.63, 3.8) is 0 Å². The summed E-state index contributed by atoms with van der Waals surface area (Å²) in [7, 11) is 2.10. The number of piperazine rings is 1. The third-order valence-electron chi connectivity index (χ3n) is 6.48. The van der Waals surface area contributed by atoms with Crippen LogP contribution in [0.1, 0.15) is 40.8 Å². The Morgan fingerprint density at radius 2 is 1.77 bits per heavy atom. The average molecular weight is 490 g/mol. The van der Waals surface area contributed by atoms with E-state index >= 15 is 0 Å². The number of hydrogen-bond acceptors (Lipinski definition) is 6. The SMILES string of the molecule is Cc1nc2nc(C(F)(F)F)nn2c(C)c1CCC(=O)NC(CN1CCN(C)CC1)c1ccccc1. The number of fused-ring (bicyclic) bond motifs is 1. The summed E-state index contributed by atoms with van der Waals surface area (Å²) < 4.78 is 40.2. The molecule has 2 aromatic heterocycles. The quantitative estimate of drug-likeness (QED) is 0.550. The van der Waals surface area contributed by atoms with Crippen molar-refractivity contribution in [3.05, 3.63) is 58.7 Å². The molecule has 0 spiro atoms. The van der Waals surface area contributed by atoms with Crippen LogP contribution in [0.5, 0.6) is 0 Å². The molecular weight excluding hydrogens is 459 g/mol. The van der Waals surface area contributed by atoms with Gasteiger partial charge in [-0.15, -0.1) is 5.10 Å². The van der Waals surface area contributed by atoms with Crippen molar-refractivity contribution in [3.8, 4) is 0 Å². The van der Waals surface area contributed by atoms with Gasteiger partial charge in [-0.1, -0.05) is 30.3 Å². The van der Waals surface area contributed by atoms with Crippen LogP contribution in [0.4, 0.5) is 13.2 Å². The lowest BCUT2D eigenvalue weighted by atomic mass is 10.0. The fourth-order valence-electron chi connectivity index (χ4n) is 4.40. The number of carbonyl (C=O) groups excluding carboxylic acids is 1. The zero-order chi connectivity index (χ0) is 25.2. The molecule has 1 fully saturated rings. The molecule has 0 bridgehead atoms. The van der Waals surface area contributed by atoms with E-state index in [1.54, 1.807) is 13.8 Å². The maximum atomic E-state index is 13.0. The van der Waals surface area contributed by atoms with E-state index in [-0.39, 0.29) is 24.1 Å². The molecule has 1 aromatic carbocycles. The maximum absolute atomic E-state index is 13.0. The molecule has 8 nitrogen and oxygen atoms in total. The third-order valence-corrected chi connectivity index (χ3v) is 6.48. The Hall–Kier alpha value is -3.05. The Morgan fingerprint density at radius 3 is 2.43 bits per heavy atom. The molecule has 0 radical (unpaired) electrons. The number of benzene rings is 1. The molecule has 1 unspecified atom stereocenters. The van der Waals surface area contributed by atoms with Crippen LogP contribution in [0.25, 0.3) is 5.78 Å². The molecule has 1 N–H and O–H groups in total. The van der Waals surface area contributed by atoms with Crippen LogP contribution in [0.3, 0.4) is 0 Å². The number of aromatic nitrogens is 4. The van der Waals surface area contributed by atoms with Crippen molar-refractivity contribution < 1.29 is 18.0 Å². The Labute approximate surface area is 202 Å². The Morgan fingerprint density at radius 1 is 1.09 bits per heavy atom. The number of amides is 1. The van der Waals surface area contributed by atoms with E-state index in [1.807, 2.05) is 30.3 Å². The number of carbonyl (C=O) groups is 1. The van der Waals surface area contributed by atoms with Crippen LogP contribution in [-0.2, 0) is 17.4 Å². The third kappa shape index (κ3) is 5.96. The number of hydrogen-bond donors (Lipinski definition) is 1. The topological polar surface area (TPSA) is 78.7 Å². The summed E-state index contributed by atoms with van der Waals surface area (Å²) in [4.78, 5) is 25.3. The predicted molar refractivity (Wildman–Crippen MR) is 125 cm³/mol. The minimum absolute atomic E-state index is 0.100. The molecule has 1 atom stereocenters. The molecule has 0 aliphatic carbocycles. The molecule has 3 aromatic rings. The molecule has 4 rings (SSSR count). The number of nitrogens with zero attached hydrogens (tertiary/aromatic N) is 6. The van der Waals surface area contributed by atoms with Crippen molar-refractivity contribution in [1.82, 2.24) is 34.7 Å². The first kappa shape index (κ1) is 25.1. The van der Waals surface area contributed by atoms with Gasteiger partial charge in [0.25, 0.3) is 11.6 Å². The highest BCUT2D eigenvalue weighted by atomic mass is 19.4. The van der Waals surface area contributed by atoms with Crippen LogP contribution in [-0.4, -0.2) is 75.1 Å². The number of aryl methyl sites for hydroxylation is 2. The second-order valence-electron chi connectivity index (χ2n) is 9.04. The minimum Gasteiger partial charge on any atom is -0.348 e. The van der Waals surface area contributed by atoms with Crippen molar-refractivity contribution in [2.24, 2.45) is 0 Å². The van der Waals surface area contributed by atoms with E-state index in [2.05, 4.69) is 37.2 Å². The second kappa shape index (κ2) is 10.3. The number of nitrogens with one attached hydrogen (secondary N) is 1. The van der Waals surface area contributed by atoms with Gasteiger partial charge in [0, 0.05) is 50.5 Å².